The molecule has 136 valence electrons. The van der Waals surface area contributed by atoms with Gasteiger partial charge in [0.1, 0.15) is 5.65 Å². The number of nitrogens with two attached hydrogens (primary N) is 1. The van der Waals surface area contributed by atoms with Gasteiger partial charge in [0.15, 0.2) is 0 Å². The SMILES string of the molecule is Cc1cc(NC(=O)[C@H](N)CC(C)(C)C)ccc1-c1ccnc2[nH]ccc12. The van der Waals surface area contributed by atoms with Crippen molar-refractivity contribution in [1.29, 1.82) is 0 Å². The summed E-state index contributed by atoms with van der Waals surface area (Å²) in [5.41, 5.74) is 11.0. The number of benzene rings is 1. The molecule has 26 heavy (non-hydrogen) atoms. The summed E-state index contributed by atoms with van der Waals surface area (Å²) in [6.45, 7) is 8.28. The maximum absolute atomic E-state index is 12.3. The van der Waals surface area contributed by atoms with E-state index in [9.17, 15) is 4.79 Å². The number of aromatic nitrogens is 2. The molecule has 1 amide bonds. The molecule has 5 heteroatoms. The third kappa shape index (κ3) is 3.94. The fraction of sp³-hybridized carbons (Fsp3) is 0.333. The van der Waals surface area contributed by atoms with Crippen molar-refractivity contribution < 1.29 is 4.79 Å². The van der Waals surface area contributed by atoms with Gasteiger partial charge < -0.3 is 16.0 Å². The van der Waals surface area contributed by atoms with Crippen molar-refractivity contribution in [1.82, 2.24) is 9.97 Å². The normalized spacial score (nSPS) is 13.0. The van der Waals surface area contributed by atoms with Crippen LogP contribution in [0.25, 0.3) is 22.2 Å². The van der Waals surface area contributed by atoms with Crippen LogP contribution in [0.2, 0.25) is 0 Å². The Morgan fingerprint density at radius 2 is 2.00 bits per heavy atom. The molecule has 3 rings (SSSR count). The van der Waals surface area contributed by atoms with Crippen LogP contribution in [-0.4, -0.2) is 21.9 Å². The number of amides is 1. The molecule has 0 fully saturated rings. The molecule has 3 aromatic rings. The molecule has 0 saturated heterocycles. The molecule has 1 aromatic carbocycles. The molecule has 0 radical (unpaired) electrons. The Morgan fingerprint density at radius 3 is 2.69 bits per heavy atom. The zero-order chi connectivity index (χ0) is 18.9. The molecule has 0 spiro atoms. The summed E-state index contributed by atoms with van der Waals surface area (Å²) in [6, 6.07) is 9.45. The first-order valence-corrected chi connectivity index (χ1v) is 8.84. The number of rotatable bonds is 4. The summed E-state index contributed by atoms with van der Waals surface area (Å²) >= 11 is 0. The van der Waals surface area contributed by atoms with Crippen molar-refractivity contribution in [2.75, 3.05) is 5.32 Å². The molecule has 2 aromatic heterocycles. The second-order valence-electron chi connectivity index (χ2n) is 7.99. The number of hydrogen-bond donors (Lipinski definition) is 3. The van der Waals surface area contributed by atoms with Gasteiger partial charge in [-0.15, -0.1) is 0 Å². The Morgan fingerprint density at radius 1 is 1.23 bits per heavy atom. The Balaban J connectivity index is 1.82. The van der Waals surface area contributed by atoms with Gasteiger partial charge in [0, 0.05) is 23.5 Å². The monoisotopic (exact) mass is 350 g/mol. The quantitative estimate of drug-likeness (QED) is 0.658. The first kappa shape index (κ1) is 18.1. The molecule has 0 saturated carbocycles. The maximum atomic E-state index is 12.3. The summed E-state index contributed by atoms with van der Waals surface area (Å²) in [6.07, 6.45) is 4.33. The van der Waals surface area contributed by atoms with E-state index in [2.05, 4.69) is 36.1 Å². The van der Waals surface area contributed by atoms with E-state index >= 15 is 0 Å². The smallest absolute Gasteiger partial charge is 0.241 e. The minimum Gasteiger partial charge on any atom is -0.346 e. The van der Waals surface area contributed by atoms with Crippen LogP contribution < -0.4 is 11.1 Å². The largest absolute Gasteiger partial charge is 0.346 e. The van der Waals surface area contributed by atoms with Crippen LogP contribution in [0.4, 0.5) is 5.69 Å². The second kappa shape index (κ2) is 6.92. The van der Waals surface area contributed by atoms with Gasteiger partial charge in [-0.2, -0.15) is 0 Å². The van der Waals surface area contributed by atoms with E-state index in [4.69, 9.17) is 5.73 Å². The number of nitrogens with one attached hydrogen (secondary N) is 2. The lowest BCUT2D eigenvalue weighted by Gasteiger charge is -2.22. The Hall–Kier alpha value is -2.66. The molecule has 5 nitrogen and oxygen atoms in total. The molecule has 0 unspecified atom stereocenters. The summed E-state index contributed by atoms with van der Waals surface area (Å²) in [4.78, 5) is 19.8. The number of H-pyrrole nitrogens is 1. The van der Waals surface area contributed by atoms with Crippen LogP contribution in [0.3, 0.4) is 0 Å². The lowest BCUT2D eigenvalue weighted by atomic mass is 9.88. The van der Waals surface area contributed by atoms with Gasteiger partial charge in [-0.3, -0.25) is 4.79 Å². The van der Waals surface area contributed by atoms with Crippen molar-refractivity contribution in [3.63, 3.8) is 0 Å². The van der Waals surface area contributed by atoms with Crippen molar-refractivity contribution in [3.05, 3.63) is 48.3 Å². The average Bonchev–Trinajstić information content (AvgIpc) is 3.02. The van der Waals surface area contributed by atoms with E-state index in [0.717, 1.165) is 33.4 Å². The Bertz CT molecular complexity index is 937. The van der Waals surface area contributed by atoms with Gasteiger partial charge >= 0.3 is 0 Å². The van der Waals surface area contributed by atoms with E-state index in [0.29, 0.717) is 6.42 Å². The molecule has 0 aliphatic carbocycles. The van der Waals surface area contributed by atoms with Crippen LogP contribution in [0.1, 0.15) is 32.8 Å². The lowest BCUT2D eigenvalue weighted by Crippen LogP contribution is -2.38. The molecule has 1 atom stereocenters. The van der Waals surface area contributed by atoms with Crippen molar-refractivity contribution in [3.8, 4) is 11.1 Å². The van der Waals surface area contributed by atoms with Crippen LogP contribution >= 0.6 is 0 Å². The highest BCUT2D eigenvalue weighted by atomic mass is 16.2. The fourth-order valence-corrected chi connectivity index (χ4v) is 3.23. The highest BCUT2D eigenvalue weighted by molar-refractivity contribution is 5.96. The van der Waals surface area contributed by atoms with Gasteiger partial charge in [0.25, 0.3) is 0 Å². The first-order valence-electron chi connectivity index (χ1n) is 8.84. The number of aryl methyl sites for hydroxylation is 1. The number of carbonyl (C=O) groups excluding carboxylic acids is 1. The Kier molecular flexibility index (Phi) is 4.83. The summed E-state index contributed by atoms with van der Waals surface area (Å²) in [5, 5.41) is 4.02. The zero-order valence-electron chi connectivity index (χ0n) is 15.8. The predicted molar refractivity (Wildman–Crippen MR) is 107 cm³/mol. The van der Waals surface area contributed by atoms with Crippen molar-refractivity contribution in [2.45, 2.75) is 40.2 Å². The maximum Gasteiger partial charge on any atom is 0.241 e. The fourth-order valence-electron chi connectivity index (χ4n) is 3.23. The Labute approximate surface area is 154 Å². The molecule has 2 heterocycles. The minimum atomic E-state index is -0.519. The number of carbonyl (C=O) groups is 1. The van der Waals surface area contributed by atoms with Gasteiger partial charge in [-0.25, -0.2) is 4.98 Å². The molecule has 0 bridgehead atoms. The molecular weight excluding hydrogens is 324 g/mol. The number of nitrogens with zero attached hydrogens (tertiary/aromatic N) is 1. The van der Waals surface area contributed by atoms with Crippen LogP contribution in [-0.2, 0) is 4.79 Å². The lowest BCUT2D eigenvalue weighted by molar-refractivity contribution is -0.118. The van der Waals surface area contributed by atoms with E-state index in [1.165, 1.54) is 0 Å². The number of hydrogen-bond acceptors (Lipinski definition) is 3. The van der Waals surface area contributed by atoms with Crippen molar-refractivity contribution >= 4 is 22.6 Å². The minimum absolute atomic E-state index is 0.0137. The first-order chi connectivity index (χ1) is 12.2. The highest BCUT2D eigenvalue weighted by Crippen LogP contribution is 2.31. The molecule has 0 aliphatic heterocycles. The number of aromatic amines is 1. The van der Waals surface area contributed by atoms with E-state index in [1.54, 1.807) is 6.20 Å². The van der Waals surface area contributed by atoms with E-state index in [1.807, 2.05) is 43.5 Å². The standard InChI is InChI=1S/C21H26N4O/c1-13-11-14(25-20(26)18(22)12-21(2,3)4)5-6-15(13)16-7-9-23-19-17(16)8-10-24-19/h5-11,18H,12,22H2,1-4H3,(H,23,24)(H,25,26)/t18-/m1/s1. The van der Waals surface area contributed by atoms with Crippen LogP contribution in [0, 0.1) is 12.3 Å². The van der Waals surface area contributed by atoms with E-state index in [-0.39, 0.29) is 11.3 Å². The summed E-state index contributed by atoms with van der Waals surface area (Å²) < 4.78 is 0. The topological polar surface area (TPSA) is 83.8 Å². The van der Waals surface area contributed by atoms with Crippen LogP contribution in [0.15, 0.2) is 42.7 Å². The number of anilines is 1. The van der Waals surface area contributed by atoms with Gasteiger partial charge in [-0.1, -0.05) is 26.8 Å². The van der Waals surface area contributed by atoms with Gasteiger partial charge in [0.05, 0.1) is 6.04 Å². The van der Waals surface area contributed by atoms with E-state index < -0.39 is 6.04 Å². The molecule has 4 N–H and O–H groups in total. The number of fused-ring (bicyclic) bond motifs is 1. The second-order valence-corrected chi connectivity index (χ2v) is 7.99. The summed E-state index contributed by atoms with van der Waals surface area (Å²) in [5.74, 6) is -0.149. The zero-order valence-corrected chi connectivity index (χ0v) is 15.8. The highest BCUT2D eigenvalue weighted by Gasteiger charge is 2.21. The predicted octanol–water partition coefficient (Wildman–Crippen LogP) is 4.24. The third-order valence-electron chi connectivity index (χ3n) is 4.41. The molecule has 0 aliphatic rings. The third-order valence-corrected chi connectivity index (χ3v) is 4.41. The van der Waals surface area contributed by atoms with Crippen molar-refractivity contribution in [2.24, 2.45) is 11.1 Å². The van der Waals surface area contributed by atoms with Gasteiger partial charge in [-0.05, 0) is 59.7 Å². The average molecular weight is 350 g/mol. The number of pyridine rings is 1. The van der Waals surface area contributed by atoms with Gasteiger partial charge in [0.2, 0.25) is 5.91 Å². The molecular formula is C21H26N4O. The van der Waals surface area contributed by atoms with Crippen LogP contribution in [0.5, 0.6) is 0 Å². The summed E-state index contributed by atoms with van der Waals surface area (Å²) in [7, 11) is 0.